The topological polar surface area (TPSA) is 38.7 Å². The first-order valence-electron chi connectivity index (χ1n) is 5.65. The van der Waals surface area contributed by atoms with Gasteiger partial charge in [-0.1, -0.05) is 19.1 Å². The lowest BCUT2D eigenvalue weighted by Crippen LogP contribution is -2.35. The Morgan fingerprint density at radius 1 is 1.47 bits per heavy atom. The molecule has 2 fully saturated rings. The fraction of sp³-hybridized carbons (Fsp3) is 0.833. The lowest BCUT2D eigenvalue weighted by Gasteiger charge is -2.28. The molecule has 1 saturated heterocycles. The number of aliphatic hydroxyl groups excluding tert-OH is 1. The highest BCUT2D eigenvalue weighted by molar-refractivity contribution is 5.09. The molecular weight excluding hydrogens is 192 g/mol. The fourth-order valence-corrected chi connectivity index (χ4v) is 2.99. The van der Waals surface area contributed by atoms with E-state index in [1.807, 2.05) is 6.92 Å². The second-order valence-electron chi connectivity index (χ2n) is 4.80. The van der Waals surface area contributed by atoms with E-state index in [4.69, 9.17) is 9.47 Å². The molecule has 0 amide bonds. The quantitative estimate of drug-likeness (QED) is 0.706. The zero-order chi connectivity index (χ0) is 11.1. The van der Waals surface area contributed by atoms with Crippen LogP contribution in [0.3, 0.4) is 0 Å². The summed E-state index contributed by atoms with van der Waals surface area (Å²) >= 11 is 0. The van der Waals surface area contributed by atoms with Crippen molar-refractivity contribution in [1.29, 1.82) is 0 Å². The maximum absolute atomic E-state index is 9.45. The summed E-state index contributed by atoms with van der Waals surface area (Å²) in [5.74, 6) is 0.340. The summed E-state index contributed by atoms with van der Waals surface area (Å²) in [6.07, 6.45) is 0.842. The molecule has 1 aliphatic carbocycles. The van der Waals surface area contributed by atoms with Gasteiger partial charge in [0.25, 0.3) is 0 Å². The van der Waals surface area contributed by atoms with Crippen LogP contribution in [0.4, 0.5) is 0 Å². The molecule has 2 rings (SSSR count). The van der Waals surface area contributed by atoms with E-state index >= 15 is 0 Å². The molecule has 0 radical (unpaired) electrons. The predicted molar refractivity (Wildman–Crippen MR) is 57.3 cm³/mol. The molecule has 3 nitrogen and oxygen atoms in total. The molecule has 0 aromatic carbocycles. The Hall–Kier alpha value is -0.380. The van der Waals surface area contributed by atoms with Gasteiger partial charge in [-0.05, 0) is 18.8 Å². The van der Waals surface area contributed by atoms with E-state index in [0.717, 1.165) is 12.0 Å². The van der Waals surface area contributed by atoms with Crippen molar-refractivity contribution in [2.45, 2.75) is 26.1 Å². The first-order chi connectivity index (χ1) is 7.10. The van der Waals surface area contributed by atoms with Gasteiger partial charge in [0, 0.05) is 18.9 Å². The Labute approximate surface area is 91.1 Å². The van der Waals surface area contributed by atoms with Crippen LogP contribution in [0.2, 0.25) is 0 Å². The average Bonchev–Trinajstić information content (AvgIpc) is 2.76. The molecule has 1 N–H and O–H groups in total. The SMILES string of the molecule is C=C(C)C1CC2(OCCO2)C(C)C1CO. The number of aliphatic hydroxyl groups is 1. The van der Waals surface area contributed by atoms with E-state index in [-0.39, 0.29) is 18.4 Å². The molecule has 1 saturated carbocycles. The van der Waals surface area contributed by atoms with Crippen LogP contribution >= 0.6 is 0 Å². The van der Waals surface area contributed by atoms with Crippen molar-refractivity contribution >= 4 is 0 Å². The smallest absolute Gasteiger partial charge is 0.171 e. The van der Waals surface area contributed by atoms with Crippen molar-refractivity contribution in [3.63, 3.8) is 0 Å². The van der Waals surface area contributed by atoms with Crippen LogP contribution in [-0.4, -0.2) is 30.7 Å². The van der Waals surface area contributed by atoms with Crippen LogP contribution in [0.5, 0.6) is 0 Å². The minimum Gasteiger partial charge on any atom is -0.396 e. The average molecular weight is 212 g/mol. The van der Waals surface area contributed by atoms with Gasteiger partial charge in [-0.2, -0.15) is 0 Å². The molecule has 0 aromatic rings. The summed E-state index contributed by atoms with van der Waals surface area (Å²) < 4.78 is 11.5. The fourth-order valence-electron chi connectivity index (χ4n) is 2.99. The molecule has 3 atom stereocenters. The Morgan fingerprint density at radius 2 is 2.07 bits per heavy atom. The monoisotopic (exact) mass is 212 g/mol. The van der Waals surface area contributed by atoms with Gasteiger partial charge < -0.3 is 14.6 Å². The molecule has 1 spiro atoms. The van der Waals surface area contributed by atoms with Crippen LogP contribution < -0.4 is 0 Å². The minimum atomic E-state index is -0.447. The van der Waals surface area contributed by atoms with Gasteiger partial charge in [0.15, 0.2) is 5.79 Å². The Morgan fingerprint density at radius 3 is 2.47 bits per heavy atom. The third-order valence-corrected chi connectivity index (χ3v) is 3.98. The number of hydrogen-bond donors (Lipinski definition) is 1. The minimum absolute atomic E-state index is 0.188. The molecule has 15 heavy (non-hydrogen) atoms. The third kappa shape index (κ3) is 1.63. The Balaban J connectivity index is 2.21. The highest BCUT2D eigenvalue weighted by Crippen LogP contribution is 2.50. The van der Waals surface area contributed by atoms with E-state index in [0.29, 0.717) is 19.1 Å². The summed E-state index contributed by atoms with van der Waals surface area (Å²) in [5.41, 5.74) is 1.12. The van der Waals surface area contributed by atoms with Gasteiger partial charge in [0.05, 0.1) is 13.2 Å². The standard InChI is InChI=1S/C12H20O3/c1-8(2)10-6-12(14-4-5-15-12)9(3)11(10)7-13/h9-11,13H,1,4-7H2,2-3H3. The summed E-state index contributed by atoms with van der Waals surface area (Å²) in [6, 6.07) is 0. The summed E-state index contributed by atoms with van der Waals surface area (Å²) in [5, 5.41) is 9.45. The van der Waals surface area contributed by atoms with Crippen molar-refractivity contribution in [1.82, 2.24) is 0 Å². The summed E-state index contributed by atoms with van der Waals surface area (Å²) in [6.45, 7) is 9.66. The first kappa shape index (κ1) is 11.1. The Kier molecular flexibility index (Phi) is 2.88. The van der Waals surface area contributed by atoms with Gasteiger partial charge in [-0.3, -0.25) is 0 Å². The molecule has 3 heteroatoms. The van der Waals surface area contributed by atoms with Crippen molar-refractivity contribution in [3.05, 3.63) is 12.2 Å². The number of allylic oxidation sites excluding steroid dienone is 1. The first-order valence-corrected chi connectivity index (χ1v) is 5.65. The number of hydrogen-bond acceptors (Lipinski definition) is 3. The zero-order valence-corrected chi connectivity index (χ0v) is 9.53. The van der Waals surface area contributed by atoms with Crippen LogP contribution in [-0.2, 0) is 9.47 Å². The summed E-state index contributed by atoms with van der Waals surface area (Å²) in [7, 11) is 0. The molecular formula is C12H20O3. The van der Waals surface area contributed by atoms with Gasteiger partial charge in [0.2, 0.25) is 0 Å². The Bertz CT molecular complexity index is 256. The maximum Gasteiger partial charge on any atom is 0.171 e. The number of ether oxygens (including phenoxy) is 2. The lowest BCUT2D eigenvalue weighted by atomic mass is 9.87. The van der Waals surface area contributed by atoms with Crippen molar-refractivity contribution < 1.29 is 14.6 Å². The van der Waals surface area contributed by atoms with Crippen molar-refractivity contribution in [2.24, 2.45) is 17.8 Å². The third-order valence-electron chi connectivity index (χ3n) is 3.98. The van der Waals surface area contributed by atoms with Crippen LogP contribution in [0.25, 0.3) is 0 Å². The second kappa shape index (κ2) is 3.89. The highest BCUT2D eigenvalue weighted by atomic mass is 16.7. The van der Waals surface area contributed by atoms with Gasteiger partial charge >= 0.3 is 0 Å². The van der Waals surface area contributed by atoms with Gasteiger partial charge in [-0.15, -0.1) is 0 Å². The molecule has 1 aliphatic heterocycles. The van der Waals surface area contributed by atoms with E-state index in [2.05, 4.69) is 13.5 Å². The molecule has 1 heterocycles. The molecule has 3 unspecified atom stereocenters. The maximum atomic E-state index is 9.45. The molecule has 0 bridgehead atoms. The van der Waals surface area contributed by atoms with E-state index in [1.165, 1.54) is 0 Å². The van der Waals surface area contributed by atoms with E-state index in [1.54, 1.807) is 0 Å². The van der Waals surface area contributed by atoms with Gasteiger partial charge in [0.1, 0.15) is 0 Å². The second-order valence-corrected chi connectivity index (χ2v) is 4.80. The number of rotatable bonds is 2. The molecule has 2 aliphatic rings. The normalized spacial score (nSPS) is 38.7. The van der Waals surface area contributed by atoms with Gasteiger partial charge in [-0.25, -0.2) is 0 Å². The predicted octanol–water partition coefficient (Wildman–Crippen LogP) is 1.57. The van der Waals surface area contributed by atoms with Crippen LogP contribution in [0.15, 0.2) is 12.2 Å². The molecule has 0 aromatic heterocycles. The van der Waals surface area contributed by atoms with E-state index < -0.39 is 5.79 Å². The van der Waals surface area contributed by atoms with Crippen molar-refractivity contribution in [3.8, 4) is 0 Å². The zero-order valence-electron chi connectivity index (χ0n) is 9.53. The highest BCUT2D eigenvalue weighted by Gasteiger charge is 2.54. The van der Waals surface area contributed by atoms with Crippen molar-refractivity contribution in [2.75, 3.05) is 19.8 Å². The van der Waals surface area contributed by atoms with E-state index in [9.17, 15) is 5.11 Å². The summed E-state index contributed by atoms with van der Waals surface area (Å²) in [4.78, 5) is 0. The van der Waals surface area contributed by atoms with Crippen LogP contribution in [0.1, 0.15) is 20.3 Å². The largest absolute Gasteiger partial charge is 0.396 e. The molecule has 86 valence electrons. The van der Waals surface area contributed by atoms with Crippen LogP contribution in [0, 0.1) is 17.8 Å². The lowest BCUT2D eigenvalue weighted by molar-refractivity contribution is -0.183.